The third-order valence-corrected chi connectivity index (χ3v) is 4.26. The molecule has 1 rings (SSSR count). The summed E-state index contributed by atoms with van der Waals surface area (Å²) in [5, 5.41) is 8.08. The Morgan fingerprint density at radius 1 is 1.25 bits per heavy atom. The van der Waals surface area contributed by atoms with Gasteiger partial charge in [0.2, 0.25) is 0 Å². The molecule has 0 radical (unpaired) electrons. The summed E-state index contributed by atoms with van der Waals surface area (Å²) >= 11 is 17.1. The normalized spacial score (nSPS) is 12.0. The number of hydrogen-bond donors (Lipinski definition) is 2. The molecule has 2 N–H and O–H groups in total. The number of halogens is 2. The van der Waals surface area contributed by atoms with Gasteiger partial charge in [-0.3, -0.25) is 0 Å². The Morgan fingerprint density at radius 2 is 2.00 bits per heavy atom. The molecule has 2 nitrogen and oxygen atoms in total. The second-order valence-electron chi connectivity index (χ2n) is 4.88. The quantitative estimate of drug-likeness (QED) is 0.645. The Hall–Kier alpha value is -0.510. The van der Waals surface area contributed by atoms with Crippen molar-refractivity contribution in [2.24, 2.45) is 5.92 Å². The molecule has 20 heavy (non-hydrogen) atoms. The fraction of sp³-hybridized carbons (Fsp3) is 0.533. The van der Waals surface area contributed by atoms with Crippen LogP contribution in [0.25, 0.3) is 0 Å². The topological polar surface area (TPSA) is 24.1 Å². The van der Waals surface area contributed by atoms with Crippen LogP contribution in [0.4, 0.5) is 5.69 Å². The molecule has 0 saturated heterocycles. The third kappa shape index (κ3) is 6.29. The van der Waals surface area contributed by atoms with Gasteiger partial charge in [-0.25, -0.2) is 0 Å². The lowest BCUT2D eigenvalue weighted by Crippen LogP contribution is -2.32. The minimum atomic E-state index is 0.522. The maximum absolute atomic E-state index is 5.97. The van der Waals surface area contributed by atoms with Crippen molar-refractivity contribution < 1.29 is 0 Å². The van der Waals surface area contributed by atoms with Gasteiger partial charge in [-0.05, 0) is 42.8 Å². The summed E-state index contributed by atoms with van der Waals surface area (Å²) in [4.78, 5) is 0. The van der Waals surface area contributed by atoms with E-state index >= 15 is 0 Å². The lowest BCUT2D eigenvalue weighted by atomic mass is 9.99. The zero-order valence-electron chi connectivity index (χ0n) is 12.0. The van der Waals surface area contributed by atoms with Crippen LogP contribution in [0.15, 0.2) is 18.2 Å². The van der Waals surface area contributed by atoms with Crippen molar-refractivity contribution in [3.05, 3.63) is 28.2 Å². The van der Waals surface area contributed by atoms with Crippen LogP contribution in [0, 0.1) is 5.92 Å². The van der Waals surface area contributed by atoms with Gasteiger partial charge in [0, 0.05) is 12.2 Å². The Labute approximate surface area is 137 Å². The zero-order chi connectivity index (χ0) is 15.0. The smallest absolute Gasteiger partial charge is 0.170 e. The van der Waals surface area contributed by atoms with Gasteiger partial charge in [0.05, 0.1) is 10.0 Å². The Balaban J connectivity index is 2.40. The van der Waals surface area contributed by atoms with E-state index < -0.39 is 0 Å². The van der Waals surface area contributed by atoms with E-state index in [9.17, 15) is 0 Å². The Bertz CT molecular complexity index is 438. The zero-order valence-corrected chi connectivity index (χ0v) is 14.3. The minimum Gasteiger partial charge on any atom is -0.362 e. The summed E-state index contributed by atoms with van der Waals surface area (Å²) < 4.78 is 0. The van der Waals surface area contributed by atoms with Crippen molar-refractivity contribution in [1.82, 2.24) is 5.32 Å². The van der Waals surface area contributed by atoms with E-state index in [0.717, 1.165) is 12.2 Å². The first-order valence-corrected chi connectivity index (χ1v) is 8.23. The predicted molar refractivity (Wildman–Crippen MR) is 94.0 cm³/mol. The molecule has 0 aliphatic heterocycles. The molecule has 0 aromatic heterocycles. The van der Waals surface area contributed by atoms with Crippen molar-refractivity contribution in [3.63, 3.8) is 0 Å². The summed E-state index contributed by atoms with van der Waals surface area (Å²) in [7, 11) is 0. The minimum absolute atomic E-state index is 0.522. The van der Waals surface area contributed by atoms with E-state index in [4.69, 9.17) is 35.4 Å². The van der Waals surface area contributed by atoms with Crippen molar-refractivity contribution >= 4 is 46.2 Å². The number of hydrogen-bond acceptors (Lipinski definition) is 1. The lowest BCUT2D eigenvalue weighted by Gasteiger charge is -2.17. The first-order valence-electron chi connectivity index (χ1n) is 7.06. The number of unbranched alkanes of at least 4 members (excludes halogenated alkanes) is 1. The van der Waals surface area contributed by atoms with E-state index in [1.54, 1.807) is 12.1 Å². The van der Waals surface area contributed by atoms with Gasteiger partial charge in [-0.15, -0.1) is 0 Å². The fourth-order valence-electron chi connectivity index (χ4n) is 1.93. The average molecular weight is 333 g/mol. The van der Waals surface area contributed by atoms with Crippen LogP contribution in [-0.2, 0) is 0 Å². The monoisotopic (exact) mass is 332 g/mol. The molecular weight excluding hydrogens is 311 g/mol. The van der Waals surface area contributed by atoms with E-state index in [-0.39, 0.29) is 0 Å². The predicted octanol–water partition coefficient (Wildman–Crippen LogP) is 5.50. The van der Waals surface area contributed by atoms with Gasteiger partial charge in [-0.2, -0.15) is 0 Å². The van der Waals surface area contributed by atoms with Crippen molar-refractivity contribution in [3.8, 4) is 0 Å². The number of rotatable bonds is 7. The van der Waals surface area contributed by atoms with E-state index in [2.05, 4.69) is 24.5 Å². The maximum atomic E-state index is 5.97. The molecule has 5 heteroatoms. The molecule has 1 aromatic carbocycles. The molecule has 0 spiro atoms. The van der Waals surface area contributed by atoms with E-state index in [0.29, 0.717) is 21.1 Å². The van der Waals surface area contributed by atoms with Crippen LogP contribution in [-0.4, -0.2) is 11.7 Å². The Kier molecular flexibility index (Phi) is 8.27. The molecule has 0 saturated carbocycles. The fourth-order valence-corrected chi connectivity index (χ4v) is 2.43. The molecule has 0 heterocycles. The Morgan fingerprint density at radius 3 is 2.60 bits per heavy atom. The van der Waals surface area contributed by atoms with Crippen LogP contribution in [0.3, 0.4) is 0 Å². The standard InChI is InChI=1S/C15H22Cl2N2S/c1-3-5-6-11(4-2)10-18-15(20)19-12-7-8-13(16)14(17)9-12/h7-9,11H,3-6,10H2,1-2H3,(H2,18,19,20). The molecule has 1 aromatic rings. The summed E-state index contributed by atoms with van der Waals surface area (Å²) in [6, 6.07) is 5.38. The van der Waals surface area contributed by atoms with Gasteiger partial charge in [0.15, 0.2) is 5.11 Å². The summed E-state index contributed by atoms with van der Waals surface area (Å²) in [6.45, 7) is 5.34. The highest BCUT2D eigenvalue weighted by molar-refractivity contribution is 7.80. The van der Waals surface area contributed by atoms with Crippen LogP contribution >= 0.6 is 35.4 Å². The highest BCUT2D eigenvalue weighted by Crippen LogP contribution is 2.24. The van der Waals surface area contributed by atoms with Gasteiger partial charge in [-0.1, -0.05) is 56.3 Å². The summed E-state index contributed by atoms with van der Waals surface area (Å²) in [6.07, 6.45) is 4.92. The first-order chi connectivity index (χ1) is 9.56. The lowest BCUT2D eigenvalue weighted by molar-refractivity contribution is 0.446. The molecule has 0 aliphatic carbocycles. The number of benzene rings is 1. The van der Waals surface area contributed by atoms with Crippen LogP contribution < -0.4 is 10.6 Å². The molecule has 0 aliphatic rings. The van der Waals surface area contributed by atoms with E-state index in [1.807, 2.05) is 6.07 Å². The highest BCUT2D eigenvalue weighted by Gasteiger charge is 2.07. The van der Waals surface area contributed by atoms with Crippen LogP contribution in [0.1, 0.15) is 39.5 Å². The molecule has 1 atom stereocenters. The van der Waals surface area contributed by atoms with Gasteiger partial charge < -0.3 is 10.6 Å². The average Bonchev–Trinajstić information content (AvgIpc) is 2.43. The molecule has 0 fully saturated rings. The number of anilines is 1. The van der Waals surface area contributed by atoms with Crippen molar-refractivity contribution in [2.45, 2.75) is 39.5 Å². The molecule has 112 valence electrons. The first kappa shape index (κ1) is 17.5. The maximum Gasteiger partial charge on any atom is 0.170 e. The second kappa shape index (κ2) is 9.43. The number of nitrogens with one attached hydrogen (secondary N) is 2. The third-order valence-electron chi connectivity index (χ3n) is 3.27. The van der Waals surface area contributed by atoms with Gasteiger partial charge in [0.1, 0.15) is 0 Å². The van der Waals surface area contributed by atoms with Crippen molar-refractivity contribution in [2.75, 3.05) is 11.9 Å². The summed E-state index contributed by atoms with van der Waals surface area (Å²) in [5.74, 6) is 0.670. The summed E-state index contributed by atoms with van der Waals surface area (Å²) in [5.41, 5.74) is 0.846. The van der Waals surface area contributed by atoms with Crippen LogP contribution in [0.2, 0.25) is 10.0 Å². The van der Waals surface area contributed by atoms with Gasteiger partial charge in [0.25, 0.3) is 0 Å². The molecule has 0 amide bonds. The molecule has 0 bridgehead atoms. The highest BCUT2D eigenvalue weighted by atomic mass is 35.5. The molecular formula is C15H22Cl2N2S. The van der Waals surface area contributed by atoms with E-state index in [1.165, 1.54) is 25.7 Å². The number of thiocarbonyl (C=S) groups is 1. The second-order valence-corrected chi connectivity index (χ2v) is 6.10. The van der Waals surface area contributed by atoms with Crippen LogP contribution in [0.5, 0.6) is 0 Å². The van der Waals surface area contributed by atoms with Gasteiger partial charge >= 0.3 is 0 Å². The SMILES string of the molecule is CCCCC(CC)CNC(=S)Nc1ccc(Cl)c(Cl)c1. The van der Waals surface area contributed by atoms with Crippen molar-refractivity contribution in [1.29, 1.82) is 0 Å². The molecule has 1 unspecified atom stereocenters. The largest absolute Gasteiger partial charge is 0.362 e.